The zero-order valence-corrected chi connectivity index (χ0v) is 19.3. The summed E-state index contributed by atoms with van der Waals surface area (Å²) in [4.78, 5) is 9.37. The molecule has 0 saturated heterocycles. The maximum Gasteiger partial charge on any atom is 0.303 e. The van der Waals surface area contributed by atoms with E-state index in [0.29, 0.717) is 10.0 Å². The lowest BCUT2D eigenvalue weighted by Gasteiger charge is -2.13. The average molecular weight is 463 g/mol. The van der Waals surface area contributed by atoms with Gasteiger partial charge in [0, 0.05) is 12.0 Å². The topological polar surface area (TPSA) is 37.3 Å². The monoisotopic (exact) mass is 462 g/mol. The maximum atomic E-state index is 9.37. The molecule has 0 fully saturated rings. The molecule has 0 unspecified atom stereocenters. The molecule has 32 heavy (non-hydrogen) atoms. The molecule has 0 aliphatic heterocycles. The first-order valence-corrected chi connectivity index (χ1v) is 11.1. The number of carbonyl (C=O) groups is 1. The van der Waals surface area contributed by atoms with Gasteiger partial charge >= 0.3 is 5.97 Å². The Bertz CT molecular complexity index is 1260. The molecule has 162 valence electrons. The lowest BCUT2D eigenvalue weighted by molar-refractivity contribution is -0.136. The first-order chi connectivity index (χ1) is 15.4. The van der Waals surface area contributed by atoms with Crippen molar-refractivity contribution < 1.29 is 9.90 Å². The zero-order valence-electron chi connectivity index (χ0n) is 17.8. The Hall–Kier alpha value is -3.07. The average Bonchev–Trinajstić information content (AvgIpc) is 2.81. The van der Waals surface area contributed by atoms with Crippen LogP contribution in [0.25, 0.3) is 28.0 Å². The second-order valence-corrected chi connectivity index (χ2v) is 8.07. The molecule has 0 aromatic heterocycles. The molecule has 4 aromatic rings. The van der Waals surface area contributed by atoms with Crippen LogP contribution in [0.1, 0.15) is 30.0 Å². The van der Waals surface area contributed by atoms with Crippen molar-refractivity contribution in [2.45, 2.75) is 19.8 Å². The molecule has 2 nitrogen and oxygen atoms in total. The minimum absolute atomic E-state index is 0.222. The van der Waals surface area contributed by atoms with E-state index >= 15 is 0 Å². The number of fused-ring (bicyclic) bond motifs is 1. The Labute approximate surface area is 198 Å². The first kappa shape index (κ1) is 23.6. The molecule has 0 amide bonds. The van der Waals surface area contributed by atoms with Crippen molar-refractivity contribution in [2.75, 3.05) is 0 Å². The van der Waals surface area contributed by atoms with E-state index in [1.54, 1.807) is 6.92 Å². The molecule has 0 aliphatic rings. The number of aliphatic carboxylic acids is 1. The van der Waals surface area contributed by atoms with Gasteiger partial charge in [0.1, 0.15) is 0 Å². The van der Waals surface area contributed by atoms with Crippen LogP contribution in [0, 0.1) is 0 Å². The van der Waals surface area contributed by atoms with Gasteiger partial charge in [0.15, 0.2) is 0 Å². The van der Waals surface area contributed by atoms with Crippen molar-refractivity contribution in [3.8, 4) is 11.1 Å². The van der Waals surface area contributed by atoms with Gasteiger partial charge in [0.25, 0.3) is 0 Å². The normalized spacial score (nSPS) is 10.3. The van der Waals surface area contributed by atoms with Crippen molar-refractivity contribution >= 4 is 46.0 Å². The molecular formula is C28H24Cl2O2. The van der Waals surface area contributed by atoms with E-state index in [9.17, 15) is 4.79 Å². The van der Waals surface area contributed by atoms with E-state index < -0.39 is 5.97 Å². The van der Waals surface area contributed by atoms with Gasteiger partial charge in [-0.1, -0.05) is 116 Å². The molecule has 0 bridgehead atoms. The molecule has 0 heterocycles. The van der Waals surface area contributed by atoms with Crippen LogP contribution in [0.5, 0.6) is 0 Å². The number of hydrogen-bond donors (Lipinski definition) is 1. The highest BCUT2D eigenvalue weighted by atomic mass is 35.5. The minimum Gasteiger partial charge on any atom is -0.481 e. The fourth-order valence-electron chi connectivity index (χ4n) is 3.50. The van der Waals surface area contributed by atoms with Crippen LogP contribution < -0.4 is 0 Å². The molecule has 4 rings (SSSR count). The Morgan fingerprint density at radius 2 is 1.62 bits per heavy atom. The van der Waals surface area contributed by atoms with Gasteiger partial charge in [-0.25, -0.2) is 0 Å². The SMILES string of the molecule is C=Cc1ccc(-c2cccc(Cl)c2Cl)cc1Cc1cccc2ccccc12.CCC(=O)O. The van der Waals surface area contributed by atoms with E-state index in [1.807, 2.05) is 24.3 Å². The van der Waals surface area contributed by atoms with Crippen LogP contribution >= 0.6 is 23.2 Å². The van der Waals surface area contributed by atoms with Gasteiger partial charge < -0.3 is 5.11 Å². The fourth-order valence-corrected chi connectivity index (χ4v) is 3.91. The molecule has 0 saturated carbocycles. The molecule has 0 aliphatic carbocycles. The van der Waals surface area contributed by atoms with Crippen molar-refractivity contribution in [3.05, 3.63) is 112 Å². The van der Waals surface area contributed by atoms with Crippen molar-refractivity contribution in [2.24, 2.45) is 0 Å². The van der Waals surface area contributed by atoms with Crippen molar-refractivity contribution in [3.63, 3.8) is 0 Å². The Morgan fingerprint density at radius 3 is 2.34 bits per heavy atom. The third-order valence-corrected chi connectivity index (χ3v) is 6.01. The molecule has 0 atom stereocenters. The van der Waals surface area contributed by atoms with Crippen LogP contribution in [0.15, 0.2) is 85.4 Å². The molecule has 1 N–H and O–H groups in total. The molecule has 4 heteroatoms. The predicted molar refractivity (Wildman–Crippen MR) is 137 cm³/mol. The second-order valence-electron chi connectivity index (χ2n) is 7.28. The first-order valence-electron chi connectivity index (χ1n) is 10.3. The maximum absolute atomic E-state index is 9.37. The van der Waals surface area contributed by atoms with Crippen LogP contribution in [-0.2, 0) is 11.2 Å². The summed E-state index contributed by atoms with van der Waals surface area (Å²) in [6.07, 6.45) is 2.96. The number of halogens is 2. The third kappa shape index (κ3) is 5.59. The van der Waals surface area contributed by atoms with Gasteiger partial charge in [-0.3, -0.25) is 4.79 Å². The Kier molecular flexibility index (Phi) is 8.10. The van der Waals surface area contributed by atoms with E-state index in [4.69, 9.17) is 28.3 Å². The van der Waals surface area contributed by atoms with Gasteiger partial charge in [-0.15, -0.1) is 0 Å². The predicted octanol–water partition coefficient (Wildman–Crippen LogP) is 8.53. The smallest absolute Gasteiger partial charge is 0.303 e. The van der Waals surface area contributed by atoms with Gasteiger partial charge in [0.05, 0.1) is 10.0 Å². The van der Waals surface area contributed by atoms with E-state index in [-0.39, 0.29) is 6.42 Å². The van der Waals surface area contributed by atoms with E-state index in [0.717, 1.165) is 23.1 Å². The van der Waals surface area contributed by atoms with Gasteiger partial charge in [0.2, 0.25) is 0 Å². The van der Waals surface area contributed by atoms with Gasteiger partial charge in [-0.2, -0.15) is 0 Å². The highest BCUT2D eigenvalue weighted by molar-refractivity contribution is 6.43. The Morgan fingerprint density at radius 1 is 0.938 bits per heavy atom. The summed E-state index contributed by atoms with van der Waals surface area (Å²) in [7, 11) is 0. The largest absolute Gasteiger partial charge is 0.481 e. The van der Waals surface area contributed by atoms with Crippen LogP contribution in [-0.4, -0.2) is 11.1 Å². The molecular weight excluding hydrogens is 439 g/mol. The number of benzene rings is 4. The lowest BCUT2D eigenvalue weighted by Crippen LogP contribution is -1.94. The summed E-state index contributed by atoms with van der Waals surface area (Å²) in [6, 6.07) is 27.0. The highest BCUT2D eigenvalue weighted by Gasteiger charge is 2.10. The molecule has 4 aromatic carbocycles. The summed E-state index contributed by atoms with van der Waals surface area (Å²) < 4.78 is 0. The molecule has 0 radical (unpaired) electrons. The van der Waals surface area contributed by atoms with Crippen LogP contribution in [0.2, 0.25) is 10.0 Å². The summed E-state index contributed by atoms with van der Waals surface area (Å²) in [6.45, 7) is 5.58. The summed E-state index contributed by atoms with van der Waals surface area (Å²) >= 11 is 12.6. The highest BCUT2D eigenvalue weighted by Crippen LogP contribution is 2.35. The summed E-state index contributed by atoms with van der Waals surface area (Å²) in [5, 5.41) is 11.4. The zero-order chi connectivity index (χ0) is 23.1. The van der Waals surface area contributed by atoms with E-state index in [1.165, 1.54) is 21.9 Å². The minimum atomic E-state index is -0.745. The Balaban J connectivity index is 0.000000523. The molecule has 0 spiro atoms. The quantitative estimate of drug-likeness (QED) is 0.322. The van der Waals surface area contributed by atoms with Crippen LogP contribution in [0.3, 0.4) is 0 Å². The standard InChI is InChI=1S/C25H18Cl2.C3H6O2/c1-2-17-13-14-20(23-11-6-12-24(26)25(23)27)16-21(17)15-19-9-5-8-18-7-3-4-10-22(18)19;1-2-3(4)5/h2-14,16H,1,15H2;2H2,1H3,(H,4,5). The summed E-state index contributed by atoms with van der Waals surface area (Å²) in [5.41, 5.74) is 5.65. The van der Waals surface area contributed by atoms with Crippen molar-refractivity contribution in [1.82, 2.24) is 0 Å². The third-order valence-electron chi connectivity index (χ3n) is 5.19. The van der Waals surface area contributed by atoms with Crippen LogP contribution in [0.4, 0.5) is 0 Å². The number of rotatable bonds is 5. The fraction of sp³-hybridized carbons (Fsp3) is 0.107. The second kappa shape index (κ2) is 11.0. The van der Waals surface area contributed by atoms with Gasteiger partial charge in [-0.05, 0) is 45.5 Å². The van der Waals surface area contributed by atoms with Crippen molar-refractivity contribution in [1.29, 1.82) is 0 Å². The number of carboxylic acid groups (broad SMARTS) is 1. The lowest BCUT2D eigenvalue weighted by atomic mass is 9.93. The number of carboxylic acids is 1. The van der Waals surface area contributed by atoms with E-state index in [2.05, 4.69) is 67.2 Å². The number of hydrogen-bond acceptors (Lipinski definition) is 1. The summed E-state index contributed by atoms with van der Waals surface area (Å²) in [5.74, 6) is -0.745.